The Morgan fingerprint density at radius 2 is 2.16 bits per heavy atom. The van der Waals surface area contributed by atoms with Crippen LogP contribution in [-0.2, 0) is 4.74 Å². The van der Waals surface area contributed by atoms with Gasteiger partial charge in [-0.2, -0.15) is 4.98 Å². The number of nitrogen functional groups attached to an aromatic ring is 1. The highest BCUT2D eigenvalue weighted by Crippen LogP contribution is 2.31. The number of nitrogens with two attached hydrogens (primary N) is 1. The number of hydrogen-bond donors (Lipinski definition) is 3. The molecule has 2 heterocycles. The van der Waals surface area contributed by atoms with Crippen molar-refractivity contribution in [2.75, 3.05) is 12.3 Å². The highest BCUT2D eigenvalue weighted by Gasteiger charge is 2.47. The second-order valence-corrected chi connectivity index (χ2v) is 4.17. The van der Waals surface area contributed by atoms with Crippen molar-refractivity contribution in [2.24, 2.45) is 0 Å². The zero-order chi connectivity index (χ0) is 14.2. The summed E-state index contributed by atoms with van der Waals surface area (Å²) in [4.78, 5) is 14.9. The monoisotopic (exact) mass is 277 g/mol. The number of hydrogen-bond acceptors (Lipinski definition) is 6. The standard InChI is InChI=1S/C10H13F2N3O4/c11-6-7(12)9(19-4(3-16)8(6)17)15-2-1-5(13)14-10(15)18/h1-2,4,6-9,16-17H,3H2,(H2,13,14,18)/t4-,6-,7?,8+,9-/m1/s1. The number of anilines is 1. The van der Waals surface area contributed by atoms with Gasteiger partial charge < -0.3 is 20.7 Å². The van der Waals surface area contributed by atoms with Gasteiger partial charge in [0, 0.05) is 6.20 Å². The Labute approximate surface area is 106 Å². The second-order valence-electron chi connectivity index (χ2n) is 4.17. The minimum absolute atomic E-state index is 0.0667. The van der Waals surface area contributed by atoms with Gasteiger partial charge in [0.2, 0.25) is 0 Å². The fraction of sp³-hybridized carbons (Fsp3) is 0.600. The van der Waals surface area contributed by atoms with Gasteiger partial charge in [0.15, 0.2) is 18.6 Å². The van der Waals surface area contributed by atoms with Gasteiger partial charge in [-0.1, -0.05) is 0 Å². The molecule has 0 bridgehead atoms. The van der Waals surface area contributed by atoms with E-state index in [0.29, 0.717) is 0 Å². The van der Waals surface area contributed by atoms with E-state index < -0.39 is 43.1 Å². The molecule has 19 heavy (non-hydrogen) atoms. The van der Waals surface area contributed by atoms with Crippen molar-refractivity contribution in [3.05, 3.63) is 22.7 Å². The molecule has 1 aromatic heterocycles. The van der Waals surface area contributed by atoms with Crippen LogP contribution < -0.4 is 11.4 Å². The number of aromatic nitrogens is 2. The van der Waals surface area contributed by atoms with Gasteiger partial charge in [-0.15, -0.1) is 0 Å². The molecular weight excluding hydrogens is 264 g/mol. The van der Waals surface area contributed by atoms with Crippen molar-refractivity contribution in [3.63, 3.8) is 0 Å². The highest BCUT2D eigenvalue weighted by atomic mass is 19.2. The minimum atomic E-state index is -2.28. The van der Waals surface area contributed by atoms with Crippen molar-refractivity contribution in [1.82, 2.24) is 9.55 Å². The molecule has 106 valence electrons. The van der Waals surface area contributed by atoms with E-state index in [2.05, 4.69) is 4.98 Å². The van der Waals surface area contributed by atoms with Crippen molar-refractivity contribution >= 4 is 5.82 Å². The molecule has 0 saturated carbocycles. The molecule has 9 heteroatoms. The predicted octanol–water partition coefficient (Wildman–Crippen LogP) is -1.25. The van der Waals surface area contributed by atoms with Crippen LogP contribution in [0.1, 0.15) is 6.23 Å². The Hall–Kier alpha value is -1.58. The number of ether oxygens (including phenoxy) is 1. The summed E-state index contributed by atoms with van der Waals surface area (Å²) in [5, 5.41) is 18.3. The topological polar surface area (TPSA) is 111 Å². The lowest BCUT2D eigenvalue weighted by Crippen LogP contribution is -2.54. The van der Waals surface area contributed by atoms with E-state index in [1.807, 2.05) is 0 Å². The van der Waals surface area contributed by atoms with Gasteiger partial charge in [0.1, 0.15) is 18.0 Å². The molecule has 0 amide bonds. The smallest absolute Gasteiger partial charge is 0.351 e. The van der Waals surface area contributed by atoms with E-state index in [1.165, 1.54) is 6.07 Å². The van der Waals surface area contributed by atoms with E-state index in [1.54, 1.807) is 0 Å². The lowest BCUT2D eigenvalue weighted by atomic mass is 10.0. The number of rotatable bonds is 2. The Balaban J connectivity index is 2.35. The van der Waals surface area contributed by atoms with Crippen LogP contribution >= 0.6 is 0 Å². The summed E-state index contributed by atoms with van der Waals surface area (Å²) < 4.78 is 33.1. The first-order valence-electron chi connectivity index (χ1n) is 5.53. The Kier molecular flexibility index (Phi) is 3.78. The van der Waals surface area contributed by atoms with Gasteiger partial charge in [-0.05, 0) is 6.07 Å². The van der Waals surface area contributed by atoms with Crippen LogP contribution in [0.4, 0.5) is 14.6 Å². The van der Waals surface area contributed by atoms with Crippen LogP contribution in [0.15, 0.2) is 17.1 Å². The molecule has 1 saturated heterocycles. The zero-order valence-corrected chi connectivity index (χ0v) is 9.69. The minimum Gasteiger partial charge on any atom is -0.394 e. The van der Waals surface area contributed by atoms with Crippen LogP contribution in [-0.4, -0.2) is 50.9 Å². The zero-order valence-electron chi connectivity index (χ0n) is 9.69. The normalized spacial score (nSPS) is 35.3. The van der Waals surface area contributed by atoms with Crippen molar-refractivity contribution in [3.8, 4) is 0 Å². The van der Waals surface area contributed by atoms with Crippen molar-refractivity contribution < 1.29 is 23.7 Å². The molecule has 2 rings (SSSR count). The predicted molar refractivity (Wildman–Crippen MR) is 59.7 cm³/mol. The summed E-state index contributed by atoms with van der Waals surface area (Å²) in [7, 11) is 0. The molecule has 0 aliphatic carbocycles. The summed E-state index contributed by atoms with van der Waals surface area (Å²) in [6, 6.07) is 1.23. The summed E-state index contributed by atoms with van der Waals surface area (Å²) in [6.45, 7) is -0.706. The summed E-state index contributed by atoms with van der Waals surface area (Å²) in [6.07, 6.45) is -8.16. The Bertz CT molecular complexity index is 510. The van der Waals surface area contributed by atoms with Crippen LogP contribution in [0.3, 0.4) is 0 Å². The number of aliphatic hydroxyl groups excluding tert-OH is 2. The first-order valence-corrected chi connectivity index (χ1v) is 5.53. The molecule has 0 radical (unpaired) electrons. The Morgan fingerprint density at radius 3 is 2.74 bits per heavy atom. The van der Waals surface area contributed by atoms with Crippen LogP contribution in [0.25, 0.3) is 0 Å². The third-order valence-electron chi connectivity index (χ3n) is 2.90. The molecule has 0 aromatic carbocycles. The maximum absolute atomic E-state index is 13.8. The quantitative estimate of drug-likeness (QED) is 0.623. The SMILES string of the molecule is Nc1ccn([C@@H]2O[C@H](CO)[C@H](O)[C@H](F)C2F)c(=O)n1. The van der Waals surface area contributed by atoms with Crippen molar-refractivity contribution in [2.45, 2.75) is 30.8 Å². The summed E-state index contributed by atoms with van der Waals surface area (Å²) >= 11 is 0. The second kappa shape index (κ2) is 5.19. The molecule has 7 nitrogen and oxygen atoms in total. The molecule has 1 aromatic rings. The van der Waals surface area contributed by atoms with Gasteiger partial charge in [-0.25, -0.2) is 13.6 Å². The molecule has 0 spiro atoms. The number of nitrogens with zero attached hydrogens (tertiary/aromatic N) is 2. The summed E-state index contributed by atoms with van der Waals surface area (Å²) in [5.74, 6) is -0.0667. The van der Waals surface area contributed by atoms with E-state index >= 15 is 0 Å². The van der Waals surface area contributed by atoms with Gasteiger partial charge in [-0.3, -0.25) is 4.57 Å². The average molecular weight is 277 g/mol. The number of halogens is 2. The third kappa shape index (κ3) is 2.44. The lowest BCUT2D eigenvalue weighted by Gasteiger charge is -2.38. The van der Waals surface area contributed by atoms with E-state index in [9.17, 15) is 18.7 Å². The Morgan fingerprint density at radius 1 is 1.47 bits per heavy atom. The molecule has 1 aliphatic rings. The molecule has 1 aliphatic heterocycles. The van der Waals surface area contributed by atoms with Gasteiger partial charge in [0.25, 0.3) is 0 Å². The molecule has 1 unspecified atom stereocenters. The fourth-order valence-corrected chi connectivity index (χ4v) is 1.87. The van der Waals surface area contributed by atoms with Crippen LogP contribution in [0.2, 0.25) is 0 Å². The highest BCUT2D eigenvalue weighted by molar-refractivity contribution is 5.23. The van der Waals surface area contributed by atoms with Gasteiger partial charge in [0.05, 0.1) is 6.61 Å². The number of aliphatic hydroxyl groups is 2. The van der Waals surface area contributed by atoms with E-state index in [-0.39, 0.29) is 5.82 Å². The van der Waals surface area contributed by atoms with Crippen LogP contribution in [0, 0.1) is 0 Å². The molecule has 4 N–H and O–H groups in total. The van der Waals surface area contributed by atoms with E-state index in [4.69, 9.17) is 15.6 Å². The molecular formula is C10H13F2N3O4. The maximum Gasteiger partial charge on any atom is 0.351 e. The summed E-state index contributed by atoms with van der Waals surface area (Å²) in [5.41, 5.74) is 4.37. The molecule has 5 atom stereocenters. The van der Waals surface area contributed by atoms with E-state index in [0.717, 1.165) is 10.8 Å². The van der Waals surface area contributed by atoms with Crippen molar-refractivity contribution in [1.29, 1.82) is 0 Å². The first kappa shape index (κ1) is 13.8. The van der Waals surface area contributed by atoms with Crippen LogP contribution in [0.5, 0.6) is 0 Å². The third-order valence-corrected chi connectivity index (χ3v) is 2.90. The lowest BCUT2D eigenvalue weighted by molar-refractivity contribution is -0.220. The fourth-order valence-electron chi connectivity index (χ4n) is 1.87. The largest absolute Gasteiger partial charge is 0.394 e. The average Bonchev–Trinajstić information content (AvgIpc) is 2.38. The number of alkyl halides is 2. The van der Waals surface area contributed by atoms with Gasteiger partial charge >= 0.3 is 5.69 Å². The maximum atomic E-state index is 13.8. The molecule has 1 fully saturated rings. The first-order chi connectivity index (χ1) is 8.95.